The summed E-state index contributed by atoms with van der Waals surface area (Å²) in [6.07, 6.45) is 5.10. The highest BCUT2D eigenvalue weighted by Crippen LogP contribution is 2.25. The summed E-state index contributed by atoms with van der Waals surface area (Å²) >= 11 is 0. The van der Waals surface area contributed by atoms with E-state index < -0.39 is 0 Å². The third-order valence-corrected chi connectivity index (χ3v) is 4.69. The highest BCUT2D eigenvalue weighted by molar-refractivity contribution is 5.94. The van der Waals surface area contributed by atoms with Crippen LogP contribution in [0.1, 0.15) is 53.6 Å². The zero-order chi connectivity index (χ0) is 18.9. The number of hydrogen-bond donors (Lipinski definition) is 2. The first kappa shape index (κ1) is 20.2. The van der Waals surface area contributed by atoms with Gasteiger partial charge in [0.15, 0.2) is 6.61 Å². The molecule has 1 aromatic rings. The van der Waals surface area contributed by atoms with Gasteiger partial charge in [-0.05, 0) is 75.8 Å². The van der Waals surface area contributed by atoms with Crippen LogP contribution in [0.15, 0.2) is 12.1 Å². The SMILES string of the molecule is Cc1cc(C(=O)NCCCCN)cc(C)c1OCC(=O)N1CCCCC1. The van der Waals surface area contributed by atoms with E-state index in [-0.39, 0.29) is 18.4 Å². The fourth-order valence-electron chi connectivity index (χ4n) is 3.25. The predicted octanol–water partition coefficient (Wildman–Crippen LogP) is 2.16. The van der Waals surface area contributed by atoms with E-state index in [0.29, 0.717) is 24.4 Å². The average Bonchev–Trinajstić information content (AvgIpc) is 2.64. The Balaban J connectivity index is 1.93. The number of hydrogen-bond acceptors (Lipinski definition) is 4. The summed E-state index contributed by atoms with van der Waals surface area (Å²) in [5, 5.41) is 2.90. The molecule has 6 nitrogen and oxygen atoms in total. The van der Waals surface area contributed by atoms with Crippen LogP contribution in [0.4, 0.5) is 0 Å². The smallest absolute Gasteiger partial charge is 0.260 e. The number of unbranched alkanes of at least 4 members (excludes halogenated alkanes) is 1. The van der Waals surface area contributed by atoms with Crippen molar-refractivity contribution >= 4 is 11.8 Å². The van der Waals surface area contributed by atoms with Gasteiger partial charge in [-0.15, -0.1) is 0 Å². The molecule has 0 bridgehead atoms. The number of benzene rings is 1. The second-order valence-corrected chi connectivity index (χ2v) is 6.92. The van der Waals surface area contributed by atoms with Crippen LogP contribution >= 0.6 is 0 Å². The third kappa shape index (κ3) is 5.73. The monoisotopic (exact) mass is 361 g/mol. The number of carbonyl (C=O) groups excluding carboxylic acids is 2. The minimum absolute atomic E-state index is 0.0326. The van der Waals surface area contributed by atoms with E-state index in [0.717, 1.165) is 49.9 Å². The topological polar surface area (TPSA) is 84.7 Å². The molecule has 0 atom stereocenters. The lowest BCUT2D eigenvalue weighted by atomic mass is 10.0. The van der Waals surface area contributed by atoms with E-state index in [1.54, 1.807) is 0 Å². The predicted molar refractivity (Wildman–Crippen MR) is 102 cm³/mol. The molecule has 0 aromatic heterocycles. The van der Waals surface area contributed by atoms with Crippen LogP contribution in [-0.4, -0.2) is 49.5 Å². The van der Waals surface area contributed by atoms with Gasteiger partial charge < -0.3 is 20.7 Å². The molecule has 1 aliphatic rings. The van der Waals surface area contributed by atoms with Crippen LogP contribution in [-0.2, 0) is 4.79 Å². The number of amides is 2. The maximum absolute atomic E-state index is 12.3. The van der Waals surface area contributed by atoms with Crippen molar-refractivity contribution in [1.82, 2.24) is 10.2 Å². The van der Waals surface area contributed by atoms with Crippen molar-refractivity contribution in [3.8, 4) is 5.75 Å². The lowest BCUT2D eigenvalue weighted by molar-refractivity contribution is -0.134. The first-order valence-electron chi connectivity index (χ1n) is 9.53. The molecule has 1 aliphatic heterocycles. The molecule has 3 N–H and O–H groups in total. The Morgan fingerprint density at radius 1 is 1.12 bits per heavy atom. The molecule has 2 amide bonds. The van der Waals surface area contributed by atoms with Crippen molar-refractivity contribution in [2.75, 3.05) is 32.8 Å². The molecule has 0 aliphatic carbocycles. The van der Waals surface area contributed by atoms with Crippen LogP contribution in [0.2, 0.25) is 0 Å². The van der Waals surface area contributed by atoms with Crippen molar-refractivity contribution in [3.63, 3.8) is 0 Å². The van der Waals surface area contributed by atoms with Gasteiger partial charge in [0.05, 0.1) is 0 Å². The van der Waals surface area contributed by atoms with Crippen LogP contribution in [0.5, 0.6) is 5.75 Å². The van der Waals surface area contributed by atoms with Crippen LogP contribution in [0, 0.1) is 13.8 Å². The van der Waals surface area contributed by atoms with E-state index in [2.05, 4.69) is 5.32 Å². The Hall–Kier alpha value is -2.08. The fraction of sp³-hybridized carbons (Fsp3) is 0.600. The summed E-state index contributed by atoms with van der Waals surface area (Å²) in [5.74, 6) is 0.629. The van der Waals surface area contributed by atoms with Crippen LogP contribution < -0.4 is 15.8 Å². The second kappa shape index (κ2) is 10.2. The molecular formula is C20H31N3O3. The zero-order valence-corrected chi connectivity index (χ0v) is 16.0. The van der Waals surface area contributed by atoms with Crippen molar-refractivity contribution < 1.29 is 14.3 Å². The van der Waals surface area contributed by atoms with Crippen LogP contribution in [0.25, 0.3) is 0 Å². The summed E-state index contributed by atoms with van der Waals surface area (Å²) < 4.78 is 5.79. The Kier molecular flexibility index (Phi) is 7.91. The molecule has 1 heterocycles. The van der Waals surface area contributed by atoms with Gasteiger partial charge >= 0.3 is 0 Å². The Morgan fingerprint density at radius 3 is 2.38 bits per heavy atom. The van der Waals surface area contributed by atoms with E-state index in [1.165, 1.54) is 6.42 Å². The molecule has 0 spiro atoms. The summed E-state index contributed by atoms with van der Waals surface area (Å²) in [6.45, 7) is 6.75. The summed E-state index contributed by atoms with van der Waals surface area (Å²) in [4.78, 5) is 26.4. The molecule has 26 heavy (non-hydrogen) atoms. The van der Waals surface area contributed by atoms with E-state index in [9.17, 15) is 9.59 Å². The molecule has 0 radical (unpaired) electrons. The zero-order valence-electron chi connectivity index (χ0n) is 16.0. The third-order valence-electron chi connectivity index (χ3n) is 4.69. The van der Waals surface area contributed by atoms with Crippen molar-refractivity contribution in [2.24, 2.45) is 5.73 Å². The van der Waals surface area contributed by atoms with Gasteiger partial charge in [-0.1, -0.05) is 0 Å². The van der Waals surface area contributed by atoms with E-state index >= 15 is 0 Å². The molecule has 2 rings (SSSR count). The number of ether oxygens (including phenoxy) is 1. The number of rotatable bonds is 8. The molecule has 1 fully saturated rings. The molecule has 144 valence electrons. The molecule has 1 aromatic carbocycles. The number of likely N-dealkylation sites (tertiary alicyclic amines) is 1. The van der Waals surface area contributed by atoms with Crippen molar-refractivity contribution in [1.29, 1.82) is 0 Å². The number of nitrogens with zero attached hydrogens (tertiary/aromatic N) is 1. The first-order chi connectivity index (χ1) is 12.5. The van der Waals surface area contributed by atoms with E-state index in [1.807, 2.05) is 30.9 Å². The first-order valence-corrected chi connectivity index (χ1v) is 9.53. The number of piperidine rings is 1. The maximum Gasteiger partial charge on any atom is 0.260 e. The Morgan fingerprint density at radius 2 is 1.77 bits per heavy atom. The van der Waals surface area contributed by atoms with Gasteiger partial charge in [0.25, 0.3) is 11.8 Å². The number of nitrogens with one attached hydrogen (secondary N) is 1. The van der Waals surface area contributed by atoms with Gasteiger partial charge in [-0.25, -0.2) is 0 Å². The van der Waals surface area contributed by atoms with Gasteiger partial charge in [0, 0.05) is 25.2 Å². The molecule has 0 saturated carbocycles. The summed E-state index contributed by atoms with van der Waals surface area (Å²) in [5.41, 5.74) is 7.80. The maximum atomic E-state index is 12.3. The number of carbonyl (C=O) groups is 2. The fourth-order valence-corrected chi connectivity index (χ4v) is 3.25. The normalized spacial score (nSPS) is 14.2. The molecular weight excluding hydrogens is 330 g/mol. The van der Waals surface area contributed by atoms with E-state index in [4.69, 9.17) is 10.5 Å². The highest BCUT2D eigenvalue weighted by atomic mass is 16.5. The lowest BCUT2D eigenvalue weighted by Gasteiger charge is -2.26. The minimum atomic E-state index is -0.0934. The summed E-state index contributed by atoms with van der Waals surface area (Å²) in [6, 6.07) is 3.62. The van der Waals surface area contributed by atoms with Crippen molar-refractivity contribution in [2.45, 2.75) is 46.0 Å². The van der Waals surface area contributed by atoms with Gasteiger partial charge in [0.2, 0.25) is 0 Å². The van der Waals surface area contributed by atoms with Crippen LogP contribution in [0.3, 0.4) is 0 Å². The average molecular weight is 361 g/mol. The standard InChI is InChI=1S/C20H31N3O3/c1-15-12-17(20(25)22-9-5-4-8-21)13-16(2)19(15)26-14-18(24)23-10-6-3-7-11-23/h12-13H,3-11,14,21H2,1-2H3,(H,22,25). The Bertz CT molecular complexity index is 602. The van der Waals surface area contributed by atoms with Gasteiger partial charge in [0.1, 0.15) is 5.75 Å². The highest BCUT2D eigenvalue weighted by Gasteiger charge is 2.18. The molecule has 6 heteroatoms. The quantitative estimate of drug-likeness (QED) is 0.695. The van der Waals surface area contributed by atoms with Gasteiger partial charge in [-0.3, -0.25) is 9.59 Å². The second-order valence-electron chi connectivity index (χ2n) is 6.92. The lowest BCUT2D eigenvalue weighted by Crippen LogP contribution is -2.38. The summed E-state index contributed by atoms with van der Waals surface area (Å²) in [7, 11) is 0. The van der Waals surface area contributed by atoms with Crippen molar-refractivity contribution in [3.05, 3.63) is 28.8 Å². The molecule has 1 saturated heterocycles. The number of aryl methyl sites for hydroxylation is 2. The largest absolute Gasteiger partial charge is 0.483 e. The molecule has 0 unspecified atom stereocenters. The minimum Gasteiger partial charge on any atom is -0.483 e. The number of nitrogens with two attached hydrogens (primary N) is 1. The van der Waals surface area contributed by atoms with Gasteiger partial charge in [-0.2, -0.15) is 0 Å². The Labute approximate surface area is 156 Å².